The third-order valence-electron chi connectivity index (χ3n) is 3.86. The number of hydrogen-bond acceptors (Lipinski definition) is 5. The molecule has 0 aliphatic carbocycles. The summed E-state index contributed by atoms with van der Waals surface area (Å²) in [5, 5.41) is 2.00. The average Bonchev–Trinajstić information content (AvgIpc) is 3.16. The first-order valence-electron chi connectivity index (χ1n) is 8.26. The highest BCUT2D eigenvalue weighted by atomic mass is 32.1. The number of aryl methyl sites for hydroxylation is 1. The van der Waals surface area contributed by atoms with E-state index in [1.54, 1.807) is 35.6 Å². The molecular weight excluding hydrogens is 354 g/mol. The van der Waals surface area contributed by atoms with Crippen LogP contribution in [-0.2, 0) is 20.8 Å². The lowest BCUT2D eigenvalue weighted by Gasteiger charge is -2.28. The zero-order valence-corrected chi connectivity index (χ0v) is 14.9. The average molecular weight is 373 g/mol. The van der Waals surface area contributed by atoms with Crippen molar-refractivity contribution >= 4 is 34.7 Å². The number of hydrazine groups is 1. The Bertz CT molecular complexity index is 791. The summed E-state index contributed by atoms with van der Waals surface area (Å²) in [6.45, 7) is -0.298. The smallest absolute Gasteiger partial charge is 0.265 e. The molecule has 0 saturated carbocycles. The molecular formula is C18H19N3O4S. The summed E-state index contributed by atoms with van der Waals surface area (Å²) in [4.78, 5) is 38.5. The van der Waals surface area contributed by atoms with Gasteiger partial charge in [0.1, 0.15) is 12.3 Å². The predicted molar refractivity (Wildman–Crippen MR) is 97.8 cm³/mol. The zero-order chi connectivity index (χ0) is 18.4. The Kier molecular flexibility index (Phi) is 5.85. The van der Waals surface area contributed by atoms with Crippen LogP contribution in [0.2, 0.25) is 0 Å². The molecule has 2 aromatic rings. The monoisotopic (exact) mass is 373 g/mol. The standard InChI is InChI=1S/C18H19N3O4S/c22-16(9-3-5-13-6-4-10-26-13)19-20-17(23)11-21-14-7-1-2-8-15(14)25-12-18(21)24/h1-2,4,6-8,10H,3,5,9,11-12H2,(H,19,22)(H,20,23). The molecule has 0 fully saturated rings. The molecule has 0 radical (unpaired) electrons. The van der Waals surface area contributed by atoms with Crippen LogP contribution in [0.5, 0.6) is 5.75 Å². The molecule has 26 heavy (non-hydrogen) atoms. The number of carbonyl (C=O) groups is 3. The van der Waals surface area contributed by atoms with Gasteiger partial charge in [-0.3, -0.25) is 30.1 Å². The summed E-state index contributed by atoms with van der Waals surface area (Å²) < 4.78 is 5.33. The van der Waals surface area contributed by atoms with Gasteiger partial charge in [0, 0.05) is 11.3 Å². The molecule has 2 N–H and O–H groups in total. The molecule has 0 atom stereocenters. The van der Waals surface area contributed by atoms with Crippen molar-refractivity contribution in [3.05, 3.63) is 46.7 Å². The van der Waals surface area contributed by atoms with Crippen LogP contribution in [0.1, 0.15) is 17.7 Å². The van der Waals surface area contributed by atoms with Crippen molar-refractivity contribution in [2.45, 2.75) is 19.3 Å². The summed E-state index contributed by atoms with van der Waals surface area (Å²) in [5.74, 6) is -0.482. The second-order valence-corrected chi connectivity index (χ2v) is 6.80. The molecule has 2 heterocycles. The number of rotatable bonds is 6. The molecule has 8 heteroatoms. The number of nitrogens with zero attached hydrogens (tertiary/aromatic N) is 1. The first-order valence-corrected chi connectivity index (χ1v) is 9.13. The van der Waals surface area contributed by atoms with Crippen LogP contribution in [0.25, 0.3) is 0 Å². The minimum Gasteiger partial charge on any atom is -0.482 e. The van der Waals surface area contributed by atoms with Crippen LogP contribution in [0, 0.1) is 0 Å². The molecule has 0 spiro atoms. The minimum atomic E-state index is -0.471. The molecule has 1 aliphatic rings. The van der Waals surface area contributed by atoms with Crippen LogP contribution in [-0.4, -0.2) is 30.9 Å². The largest absolute Gasteiger partial charge is 0.482 e. The first-order chi connectivity index (χ1) is 12.6. The Morgan fingerprint density at radius 2 is 1.92 bits per heavy atom. The van der Waals surface area contributed by atoms with Crippen LogP contribution in [0.4, 0.5) is 5.69 Å². The Morgan fingerprint density at radius 1 is 1.12 bits per heavy atom. The number of para-hydroxylation sites is 2. The highest BCUT2D eigenvalue weighted by Crippen LogP contribution is 2.31. The van der Waals surface area contributed by atoms with E-state index in [4.69, 9.17) is 4.74 Å². The Balaban J connectivity index is 1.44. The summed E-state index contributed by atoms with van der Waals surface area (Å²) in [5.41, 5.74) is 5.28. The third kappa shape index (κ3) is 4.60. The Hall–Kier alpha value is -2.87. The van der Waals surface area contributed by atoms with Crippen molar-refractivity contribution in [1.82, 2.24) is 10.9 Å². The number of benzene rings is 1. The van der Waals surface area contributed by atoms with Gasteiger partial charge in [-0.05, 0) is 36.4 Å². The number of hydrogen-bond donors (Lipinski definition) is 2. The van der Waals surface area contributed by atoms with Crippen LogP contribution < -0.4 is 20.5 Å². The van der Waals surface area contributed by atoms with Gasteiger partial charge in [0.05, 0.1) is 5.69 Å². The van der Waals surface area contributed by atoms with Gasteiger partial charge in [0.2, 0.25) is 5.91 Å². The summed E-state index contributed by atoms with van der Waals surface area (Å²) in [7, 11) is 0. The van der Waals surface area contributed by atoms with Gasteiger partial charge in [-0.15, -0.1) is 11.3 Å². The fourth-order valence-electron chi connectivity index (χ4n) is 2.59. The fraction of sp³-hybridized carbons (Fsp3) is 0.278. The molecule has 3 rings (SSSR count). The van der Waals surface area contributed by atoms with E-state index in [0.717, 1.165) is 6.42 Å². The van der Waals surface area contributed by atoms with Crippen molar-refractivity contribution in [1.29, 1.82) is 0 Å². The fourth-order valence-corrected chi connectivity index (χ4v) is 3.34. The van der Waals surface area contributed by atoms with E-state index in [2.05, 4.69) is 10.9 Å². The number of nitrogens with one attached hydrogen (secondary N) is 2. The van der Waals surface area contributed by atoms with Crippen molar-refractivity contribution in [3.63, 3.8) is 0 Å². The van der Waals surface area contributed by atoms with Gasteiger partial charge < -0.3 is 4.74 Å². The van der Waals surface area contributed by atoms with E-state index in [0.29, 0.717) is 24.3 Å². The highest BCUT2D eigenvalue weighted by molar-refractivity contribution is 7.09. The molecule has 1 aromatic carbocycles. The number of ether oxygens (including phenoxy) is 1. The van der Waals surface area contributed by atoms with Gasteiger partial charge in [-0.2, -0.15) is 0 Å². The Morgan fingerprint density at radius 3 is 2.73 bits per heavy atom. The molecule has 1 aliphatic heterocycles. The minimum absolute atomic E-state index is 0.112. The number of thiophene rings is 1. The quantitative estimate of drug-likeness (QED) is 0.754. The molecule has 0 saturated heterocycles. The third-order valence-corrected chi connectivity index (χ3v) is 4.79. The van der Waals surface area contributed by atoms with Crippen LogP contribution >= 0.6 is 11.3 Å². The number of fused-ring (bicyclic) bond motifs is 1. The normalized spacial score (nSPS) is 12.9. The summed E-state index contributed by atoms with van der Waals surface area (Å²) in [6.07, 6.45) is 1.85. The lowest BCUT2D eigenvalue weighted by Crippen LogP contribution is -2.49. The van der Waals surface area contributed by atoms with Crippen molar-refractivity contribution in [2.75, 3.05) is 18.1 Å². The molecule has 1 aromatic heterocycles. The molecule has 0 bridgehead atoms. The van der Waals surface area contributed by atoms with E-state index in [1.165, 1.54) is 9.78 Å². The maximum atomic E-state index is 12.1. The van der Waals surface area contributed by atoms with E-state index >= 15 is 0 Å². The van der Waals surface area contributed by atoms with Crippen molar-refractivity contribution in [3.8, 4) is 5.75 Å². The summed E-state index contributed by atoms with van der Waals surface area (Å²) in [6, 6.07) is 11.0. The van der Waals surface area contributed by atoms with Gasteiger partial charge >= 0.3 is 0 Å². The lowest BCUT2D eigenvalue weighted by molar-refractivity contribution is -0.129. The first kappa shape index (κ1) is 17.9. The Labute approximate surface area is 154 Å². The van der Waals surface area contributed by atoms with Gasteiger partial charge in [0.25, 0.3) is 11.8 Å². The van der Waals surface area contributed by atoms with Crippen LogP contribution in [0.15, 0.2) is 41.8 Å². The van der Waals surface area contributed by atoms with Gasteiger partial charge in [0.15, 0.2) is 6.61 Å². The van der Waals surface area contributed by atoms with Gasteiger partial charge in [-0.1, -0.05) is 18.2 Å². The molecule has 136 valence electrons. The van der Waals surface area contributed by atoms with Crippen LogP contribution in [0.3, 0.4) is 0 Å². The summed E-state index contributed by atoms with van der Waals surface area (Å²) >= 11 is 1.66. The predicted octanol–water partition coefficient (Wildman–Crippen LogP) is 1.64. The maximum absolute atomic E-state index is 12.1. The second kappa shape index (κ2) is 8.48. The van der Waals surface area contributed by atoms with Crippen molar-refractivity contribution in [2.24, 2.45) is 0 Å². The van der Waals surface area contributed by atoms with Crippen molar-refractivity contribution < 1.29 is 19.1 Å². The number of anilines is 1. The van der Waals surface area contributed by atoms with E-state index in [-0.39, 0.29) is 25.0 Å². The van der Waals surface area contributed by atoms with Gasteiger partial charge in [-0.25, -0.2) is 0 Å². The van der Waals surface area contributed by atoms with E-state index in [1.807, 2.05) is 17.5 Å². The van der Waals surface area contributed by atoms with E-state index in [9.17, 15) is 14.4 Å². The SMILES string of the molecule is O=C(CCCc1cccs1)NNC(=O)CN1C(=O)COc2ccccc21. The topological polar surface area (TPSA) is 87.7 Å². The zero-order valence-electron chi connectivity index (χ0n) is 14.1. The van der Waals surface area contributed by atoms with E-state index < -0.39 is 5.91 Å². The second-order valence-electron chi connectivity index (χ2n) is 5.77. The lowest BCUT2D eigenvalue weighted by atomic mass is 10.2. The highest BCUT2D eigenvalue weighted by Gasteiger charge is 2.26. The number of amides is 3. The maximum Gasteiger partial charge on any atom is 0.265 e. The molecule has 0 unspecified atom stereocenters. The molecule has 7 nitrogen and oxygen atoms in total. The molecule has 3 amide bonds. The number of carbonyl (C=O) groups excluding carboxylic acids is 3.